The van der Waals surface area contributed by atoms with E-state index >= 15 is 0 Å². The monoisotopic (exact) mass is 531 g/mol. The molecule has 2 fully saturated rings. The molecule has 1 N–H and O–H groups in total. The average molecular weight is 532 g/mol. The van der Waals surface area contributed by atoms with Crippen LogP contribution in [0.1, 0.15) is 77.2 Å². The van der Waals surface area contributed by atoms with Gasteiger partial charge in [-0.3, -0.25) is 4.79 Å². The Morgan fingerprint density at radius 1 is 1.03 bits per heavy atom. The summed E-state index contributed by atoms with van der Waals surface area (Å²) in [4.78, 5) is 31.4. The molecule has 2 saturated carbocycles. The smallest absolute Gasteiger partial charge is 0.335 e. The van der Waals surface area contributed by atoms with Crippen LogP contribution in [0.5, 0.6) is 0 Å². The summed E-state index contributed by atoms with van der Waals surface area (Å²) in [5.74, 6) is 1.60. The zero-order chi connectivity index (χ0) is 27.6. The average Bonchev–Trinajstić information content (AvgIpc) is 3.28. The lowest BCUT2D eigenvalue weighted by Crippen LogP contribution is -2.49. The predicted octanol–water partition coefficient (Wildman–Crippen LogP) is 6.00. The molecule has 210 valence electrons. The Morgan fingerprint density at radius 2 is 1.82 bits per heavy atom. The van der Waals surface area contributed by atoms with Gasteiger partial charge in [0.2, 0.25) is 5.91 Å². The van der Waals surface area contributed by atoms with Crippen molar-refractivity contribution in [2.45, 2.75) is 71.6 Å². The van der Waals surface area contributed by atoms with Crippen molar-refractivity contribution in [2.24, 2.45) is 33.7 Å². The van der Waals surface area contributed by atoms with Crippen LogP contribution in [0.4, 0.5) is 0 Å². The number of likely N-dealkylation sites (N-methyl/N-ethyl adjacent to an activating group) is 1. The molecule has 5 atom stereocenters. The van der Waals surface area contributed by atoms with E-state index in [9.17, 15) is 9.59 Å². The molecule has 5 rings (SSSR count). The number of fused-ring (bicyclic) bond motifs is 5. The normalized spacial score (nSPS) is 32.5. The third-order valence-electron chi connectivity index (χ3n) is 10.3. The van der Waals surface area contributed by atoms with Crippen molar-refractivity contribution in [2.75, 3.05) is 27.2 Å². The van der Waals surface area contributed by atoms with Gasteiger partial charge in [0.25, 0.3) is 0 Å². The van der Waals surface area contributed by atoms with E-state index in [1.54, 1.807) is 5.57 Å². The summed E-state index contributed by atoms with van der Waals surface area (Å²) in [7, 11) is 3.91. The van der Waals surface area contributed by atoms with E-state index in [0.717, 1.165) is 43.4 Å². The van der Waals surface area contributed by atoms with Crippen molar-refractivity contribution < 1.29 is 14.4 Å². The first-order valence-corrected chi connectivity index (χ1v) is 14.9. The minimum absolute atomic E-state index is 0.0434. The molecule has 0 radical (unpaired) electrons. The van der Waals surface area contributed by atoms with Crippen LogP contribution < -0.4 is 5.32 Å². The fourth-order valence-electron chi connectivity index (χ4n) is 8.15. The molecule has 0 saturated heterocycles. The van der Waals surface area contributed by atoms with Gasteiger partial charge in [-0.1, -0.05) is 61.0 Å². The van der Waals surface area contributed by atoms with Gasteiger partial charge >= 0.3 is 5.97 Å². The van der Waals surface area contributed by atoms with E-state index in [4.69, 9.17) is 4.84 Å². The quantitative estimate of drug-likeness (QED) is 0.330. The van der Waals surface area contributed by atoms with Crippen molar-refractivity contribution in [1.82, 2.24) is 10.2 Å². The number of oxime groups is 1. The van der Waals surface area contributed by atoms with Crippen molar-refractivity contribution in [3.63, 3.8) is 0 Å². The van der Waals surface area contributed by atoms with Crippen LogP contribution in [-0.4, -0.2) is 49.7 Å². The highest BCUT2D eigenvalue weighted by Crippen LogP contribution is 2.66. The predicted molar refractivity (Wildman–Crippen MR) is 156 cm³/mol. The second kappa shape index (κ2) is 11.4. The Kier molecular flexibility index (Phi) is 8.14. The van der Waals surface area contributed by atoms with Crippen LogP contribution in [-0.2, 0) is 14.4 Å². The number of nitrogens with zero attached hydrogens (tertiary/aromatic N) is 2. The summed E-state index contributed by atoms with van der Waals surface area (Å²) in [5.41, 5.74) is 5.81. The number of carbonyl (C=O) groups excluding carboxylic acids is 2. The third kappa shape index (κ3) is 5.63. The number of carbonyl (C=O) groups is 2. The van der Waals surface area contributed by atoms with Gasteiger partial charge in [0, 0.05) is 19.5 Å². The molecule has 6 nitrogen and oxygen atoms in total. The summed E-state index contributed by atoms with van der Waals surface area (Å²) in [6.07, 6.45) is 12.9. The minimum atomic E-state index is -0.449. The van der Waals surface area contributed by atoms with Crippen LogP contribution in [0.15, 0.2) is 53.2 Å². The Hall–Kier alpha value is -2.73. The maximum Gasteiger partial charge on any atom is 0.335 e. The van der Waals surface area contributed by atoms with Gasteiger partial charge in [0.05, 0.1) is 12.1 Å². The first kappa shape index (κ1) is 27.8. The van der Waals surface area contributed by atoms with Gasteiger partial charge in [-0.15, -0.1) is 0 Å². The highest BCUT2D eigenvalue weighted by molar-refractivity contribution is 5.96. The molecule has 4 aliphatic carbocycles. The maximum absolute atomic E-state index is 12.2. The Labute approximate surface area is 233 Å². The highest BCUT2D eigenvalue weighted by Gasteiger charge is 2.57. The van der Waals surface area contributed by atoms with Crippen LogP contribution in [0.3, 0.4) is 0 Å². The third-order valence-corrected chi connectivity index (χ3v) is 10.3. The SMILES string of the molecule is CN(C)CCNC(=O)CCC(=O)ON=C1C=C2CC[C@H]3[C@H](CC[C@]4(C)C(c5ccccc5)=CC[C@@H]34)[C@@]2(C)CC1. The largest absolute Gasteiger partial charge is 0.355 e. The molecule has 0 unspecified atom stereocenters. The zero-order valence-corrected chi connectivity index (χ0v) is 24.2. The number of allylic oxidation sites excluding steroid dienone is 4. The first-order valence-electron chi connectivity index (χ1n) is 14.9. The standard InChI is InChI=1S/C33H45N3O3/c1-32-18-16-25(35-39-31(38)15-14-30(37)34-20-21-36(3)4)22-24(32)10-11-26-28-13-12-27(23-8-6-5-7-9-23)33(28,2)19-17-29(26)32/h5-9,12,22,26,28-29H,10-11,13-21H2,1-4H3,(H,34,37)/t26-,28+,29+,32+,33-/m1/s1. The van der Waals surface area contributed by atoms with Crippen molar-refractivity contribution in [3.8, 4) is 0 Å². The molecule has 0 aromatic heterocycles. The molecular formula is C33H45N3O3. The number of nitrogens with one attached hydrogen (secondary N) is 1. The van der Waals surface area contributed by atoms with Crippen molar-refractivity contribution in [3.05, 3.63) is 53.6 Å². The number of hydrogen-bond acceptors (Lipinski definition) is 5. The van der Waals surface area contributed by atoms with E-state index in [2.05, 4.69) is 66.8 Å². The van der Waals surface area contributed by atoms with Gasteiger partial charge in [0.1, 0.15) is 0 Å². The molecule has 1 amide bonds. The van der Waals surface area contributed by atoms with Crippen LogP contribution >= 0.6 is 0 Å². The fourth-order valence-corrected chi connectivity index (χ4v) is 8.15. The van der Waals surface area contributed by atoms with Crippen LogP contribution in [0.25, 0.3) is 5.57 Å². The summed E-state index contributed by atoms with van der Waals surface area (Å²) < 4.78 is 0. The van der Waals surface area contributed by atoms with E-state index in [1.807, 2.05) is 19.0 Å². The maximum atomic E-state index is 12.2. The molecule has 6 heteroatoms. The van der Waals surface area contributed by atoms with Gasteiger partial charge < -0.3 is 15.1 Å². The van der Waals surface area contributed by atoms with E-state index < -0.39 is 5.97 Å². The summed E-state index contributed by atoms with van der Waals surface area (Å²) in [6, 6.07) is 11.0. The lowest BCUT2D eigenvalue weighted by atomic mass is 9.46. The molecule has 39 heavy (non-hydrogen) atoms. The lowest BCUT2D eigenvalue weighted by Gasteiger charge is -2.58. The first-order chi connectivity index (χ1) is 18.7. The molecule has 4 aliphatic rings. The van der Waals surface area contributed by atoms with Gasteiger partial charge in [-0.25, -0.2) is 4.79 Å². The van der Waals surface area contributed by atoms with Crippen LogP contribution in [0, 0.1) is 28.6 Å². The number of hydrogen-bond donors (Lipinski definition) is 1. The fraction of sp³-hybridized carbons (Fsp3) is 0.606. The molecular weight excluding hydrogens is 486 g/mol. The number of amides is 1. The molecule has 0 heterocycles. The molecule has 1 aromatic rings. The molecule has 0 spiro atoms. The molecule has 0 bridgehead atoms. The second-order valence-electron chi connectivity index (χ2n) is 12.9. The second-order valence-corrected chi connectivity index (χ2v) is 12.9. The van der Waals surface area contributed by atoms with Crippen LogP contribution in [0.2, 0.25) is 0 Å². The lowest BCUT2D eigenvalue weighted by molar-refractivity contribution is -0.145. The van der Waals surface area contributed by atoms with Gasteiger partial charge in [-0.05, 0) is 105 Å². The zero-order valence-electron chi connectivity index (χ0n) is 24.2. The summed E-state index contributed by atoms with van der Waals surface area (Å²) in [5, 5.41) is 7.05. The minimum Gasteiger partial charge on any atom is -0.355 e. The van der Waals surface area contributed by atoms with E-state index in [0.29, 0.717) is 12.5 Å². The molecule has 1 aromatic carbocycles. The van der Waals surface area contributed by atoms with E-state index in [1.165, 1.54) is 36.8 Å². The van der Waals surface area contributed by atoms with Crippen molar-refractivity contribution >= 4 is 23.2 Å². The summed E-state index contributed by atoms with van der Waals surface area (Å²) >= 11 is 0. The van der Waals surface area contributed by atoms with Crippen molar-refractivity contribution in [1.29, 1.82) is 0 Å². The Bertz CT molecular complexity index is 1170. The Morgan fingerprint density at radius 3 is 2.59 bits per heavy atom. The van der Waals surface area contributed by atoms with Gasteiger partial charge in [-0.2, -0.15) is 0 Å². The van der Waals surface area contributed by atoms with E-state index in [-0.39, 0.29) is 29.6 Å². The van der Waals surface area contributed by atoms with Gasteiger partial charge in [0.15, 0.2) is 0 Å². The Balaban J connectivity index is 1.19. The topological polar surface area (TPSA) is 71.0 Å². The molecule has 0 aliphatic heterocycles. The highest BCUT2D eigenvalue weighted by atomic mass is 16.7. The number of rotatable bonds is 8. The number of benzene rings is 1. The summed E-state index contributed by atoms with van der Waals surface area (Å²) in [6.45, 7) is 6.35.